The van der Waals surface area contributed by atoms with E-state index in [1.807, 2.05) is 43.5 Å². The van der Waals surface area contributed by atoms with Crippen molar-refractivity contribution < 1.29 is 9.53 Å². The van der Waals surface area contributed by atoms with Crippen molar-refractivity contribution >= 4 is 11.9 Å². The average molecular weight is 287 g/mol. The highest BCUT2D eigenvalue weighted by Crippen LogP contribution is 2.22. The van der Waals surface area contributed by atoms with Crippen LogP contribution in [0, 0.1) is 0 Å². The SMILES string of the molecule is CC(C)Oc1ccc(-c2cc(C(=O)NN)nc(N)n2)cc1. The zero-order valence-corrected chi connectivity index (χ0v) is 11.8. The predicted octanol–water partition coefficient (Wildman–Crippen LogP) is 1.12. The van der Waals surface area contributed by atoms with E-state index in [9.17, 15) is 4.79 Å². The lowest BCUT2D eigenvalue weighted by molar-refractivity contribution is 0.0948. The van der Waals surface area contributed by atoms with E-state index < -0.39 is 5.91 Å². The maximum Gasteiger partial charge on any atom is 0.283 e. The van der Waals surface area contributed by atoms with Crippen LogP contribution in [0.2, 0.25) is 0 Å². The van der Waals surface area contributed by atoms with Crippen molar-refractivity contribution in [2.45, 2.75) is 20.0 Å². The first-order valence-corrected chi connectivity index (χ1v) is 6.42. The smallest absolute Gasteiger partial charge is 0.283 e. The third-order valence-corrected chi connectivity index (χ3v) is 2.63. The largest absolute Gasteiger partial charge is 0.491 e. The van der Waals surface area contributed by atoms with Gasteiger partial charge in [0.1, 0.15) is 11.4 Å². The summed E-state index contributed by atoms with van der Waals surface area (Å²) in [7, 11) is 0. The lowest BCUT2D eigenvalue weighted by atomic mass is 10.1. The number of benzene rings is 1. The van der Waals surface area contributed by atoms with E-state index >= 15 is 0 Å². The molecule has 0 saturated heterocycles. The zero-order valence-electron chi connectivity index (χ0n) is 11.8. The van der Waals surface area contributed by atoms with Gasteiger partial charge in [-0.1, -0.05) is 0 Å². The molecule has 21 heavy (non-hydrogen) atoms. The Balaban J connectivity index is 2.33. The number of carbonyl (C=O) groups excluding carboxylic acids is 1. The summed E-state index contributed by atoms with van der Waals surface area (Å²) in [5.74, 6) is 5.34. The van der Waals surface area contributed by atoms with Crippen LogP contribution in [0.15, 0.2) is 30.3 Å². The third-order valence-electron chi connectivity index (χ3n) is 2.63. The Morgan fingerprint density at radius 1 is 1.24 bits per heavy atom. The molecule has 1 aromatic carbocycles. The molecule has 0 unspecified atom stereocenters. The van der Waals surface area contributed by atoms with Crippen LogP contribution in [-0.2, 0) is 0 Å². The van der Waals surface area contributed by atoms with Gasteiger partial charge in [0.2, 0.25) is 5.95 Å². The van der Waals surface area contributed by atoms with Gasteiger partial charge in [0.05, 0.1) is 11.8 Å². The Bertz CT molecular complexity index is 640. The highest BCUT2D eigenvalue weighted by molar-refractivity contribution is 5.93. The van der Waals surface area contributed by atoms with E-state index in [1.165, 1.54) is 6.07 Å². The number of nitrogens with two attached hydrogens (primary N) is 2. The second-order valence-electron chi connectivity index (χ2n) is 4.66. The first-order valence-electron chi connectivity index (χ1n) is 6.42. The minimum absolute atomic E-state index is 0.00797. The fourth-order valence-corrected chi connectivity index (χ4v) is 1.78. The Kier molecular flexibility index (Phi) is 4.34. The van der Waals surface area contributed by atoms with Gasteiger partial charge in [-0.3, -0.25) is 10.2 Å². The van der Waals surface area contributed by atoms with Gasteiger partial charge in [-0.15, -0.1) is 0 Å². The molecular weight excluding hydrogens is 270 g/mol. The molecule has 0 aliphatic rings. The summed E-state index contributed by atoms with van der Waals surface area (Å²) in [5.41, 5.74) is 9.08. The first-order chi connectivity index (χ1) is 9.99. The molecule has 2 rings (SSSR count). The van der Waals surface area contributed by atoms with E-state index in [2.05, 4.69) is 9.97 Å². The molecule has 110 valence electrons. The number of aromatic nitrogens is 2. The van der Waals surface area contributed by atoms with Crippen molar-refractivity contribution in [1.29, 1.82) is 0 Å². The quantitative estimate of drug-likeness (QED) is 0.441. The van der Waals surface area contributed by atoms with Gasteiger partial charge < -0.3 is 10.5 Å². The molecular formula is C14H17N5O2. The summed E-state index contributed by atoms with van der Waals surface area (Å²) in [4.78, 5) is 19.5. The summed E-state index contributed by atoms with van der Waals surface area (Å²) >= 11 is 0. The van der Waals surface area contributed by atoms with Gasteiger partial charge in [0.15, 0.2) is 0 Å². The van der Waals surface area contributed by atoms with Crippen LogP contribution in [0.4, 0.5) is 5.95 Å². The minimum atomic E-state index is -0.523. The highest BCUT2D eigenvalue weighted by Gasteiger charge is 2.11. The Hall–Kier alpha value is -2.67. The summed E-state index contributed by atoms with van der Waals surface area (Å²) < 4.78 is 5.57. The van der Waals surface area contributed by atoms with Crippen LogP contribution in [0.3, 0.4) is 0 Å². The fourth-order valence-electron chi connectivity index (χ4n) is 1.78. The predicted molar refractivity (Wildman–Crippen MR) is 79.3 cm³/mol. The van der Waals surface area contributed by atoms with E-state index in [1.54, 1.807) is 0 Å². The number of rotatable bonds is 4. The topological polar surface area (TPSA) is 116 Å². The molecule has 1 amide bonds. The minimum Gasteiger partial charge on any atom is -0.491 e. The normalized spacial score (nSPS) is 10.5. The van der Waals surface area contributed by atoms with E-state index in [0.717, 1.165) is 11.3 Å². The number of hydrogen-bond donors (Lipinski definition) is 3. The molecule has 2 aromatic rings. The second kappa shape index (κ2) is 6.19. The van der Waals surface area contributed by atoms with Crippen LogP contribution in [-0.4, -0.2) is 22.0 Å². The van der Waals surface area contributed by atoms with Crippen LogP contribution < -0.4 is 21.7 Å². The van der Waals surface area contributed by atoms with Crippen molar-refractivity contribution in [3.8, 4) is 17.0 Å². The Labute approximate surface area is 122 Å². The van der Waals surface area contributed by atoms with Gasteiger partial charge in [-0.2, -0.15) is 0 Å². The van der Waals surface area contributed by atoms with E-state index in [-0.39, 0.29) is 17.7 Å². The molecule has 0 aliphatic heterocycles. The molecule has 0 bridgehead atoms. The maximum atomic E-state index is 11.5. The van der Waals surface area contributed by atoms with Gasteiger partial charge in [0.25, 0.3) is 5.91 Å². The number of hydrazine groups is 1. The third kappa shape index (κ3) is 3.67. The number of carbonyl (C=O) groups is 1. The molecule has 5 N–H and O–H groups in total. The first kappa shape index (κ1) is 14.7. The van der Waals surface area contributed by atoms with E-state index in [4.69, 9.17) is 16.3 Å². The van der Waals surface area contributed by atoms with Crippen molar-refractivity contribution in [3.63, 3.8) is 0 Å². The standard InChI is InChI=1S/C14H17N5O2/c1-8(2)21-10-5-3-9(4-6-10)11-7-12(13(20)19-16)18-14(15)17-11/h3-8H,16H2,1-2H3,(H,19,20)(H2,15,17,18). The molecule has 7 heteroatoms. The summed E-state index contributed by atoms with van der Waals surface area (Å²) in [6, 6.07) is 8.86. The molecule has 1 aromatic heterocycles. The second-order valence-corrected chi connectivity index (χ2v) is 4.66. The van der Waals surface area contributed by atoms with Crippen LogP contribution in [0.5, 0.6) is 5.75 Å². The summed E-state index contributed by atoms with van der Waals surface area (Å²) in [6.45, 7) is 3.91. The number of ether oxygens (including phenoxy) is 1. The molecule has 1 heterocycles. The highest BCUT2D eigenvalue weighted by atomic mass is 16.5. The molecule has 0 radical (unpaired) electrons. The lowest BCUT2D eigenvalue weighted by Gasteiger charge is -2.10. The van der Waals surface area contributed by atoms with Crippen LogP contribution >= 0.6 is 0 Å². The molecule has 0 fully saturated rings. The maximum absolute atomic E-state index is 11.5. The number of nitrogens with one attached hydrogen (secondary N) is 1. The fraction of sp³-hybridized carbons (Fsp3) is 0.214. The number of anilines is 1. The van der Waals surface area contributed by atoms with Gasteiger partial charge in [-0.05, 0) is 44.2 Å². The Morgan fingerprint density at radius 2 is 1.90 bits per heavy atom. The summed E-state index contributed by atoms with van der Waals surface area (Å²) in [5, 5.41) is 0. The van der Waals surface area contributed by atoms with Crippen molar-refractivity contribution in [3.05, 3.63) is 36.0 Å². The molecule has 0 aliphatic carbocycles. The van der Waals surface area contributed by atoms with Crippen molar-refractivity contribution in [2.75, 3.05) is 5.73 Å². The number of nitrogen functional groups attached to an aromatic ring is 2. The number of nitrogens with zero attached hydrogens (tertiary/aromatic N) is 2. The van der Waals surface area contributed by atoms with Crippen LogP contribution in [0.1, 0.15) is 24.3 Å². The number of hydrogen-bond acceptors (Lipinski definition) is 6. The van der Waals surface area contributed by atoms with Crippen molar-refractivity contribution in [2.24, 2.45) is 5.84 Å². The zero-order chi connectivity index (χ0) is 15.4. The lowest BCUT2D eigenvalue weighted by Crippen LogP contribution is -2.31. The van der Waals surface area contributed by atoms with Gasteiger partial charge in [0, 0.05) is 5.56 Å². The molecule has 0 saturated carbocycles. The summed E-state index contributed by atoms with van der Waals surface area (Å²) in [6.07, 6.45) is 0.102. The van der Waals surface area contributed by atoms with Crippen molar-refractivity contribution in [1.82, 2.24) is 15.4 Å². The molecule has 7 nitrogen and oxygen atoms in total. The van der Waals surface area contributed by atoms with Crippen LogP contribution in [0.25, 0.3) is 11.3 Å². The van der Waals surface area contributed by atoms with Gasteiger partial charge >= 0.3 is 0 Å². The molecule has 0 atom stereocenters. The Morgan fingerprint density at radius 3 is 2.48 bits per heavy atom. The monoisotopic (exact) mass is 287 g/mol. The van der Waals surface area contributed by atoms with Gasteiger partial charge in [-0.25, -0.2) is 15.8 Å². The number of amides is 1. The molecule has 0 spiro atoms. The van der Waals surface area contributed by atoms with E-state index in [0.29, 0.717) is 5.69 Å². The average Bonchev–Trinajstić information content (AvgIpc) is 2.46.